The zero-order chi connectivity index (χ0) is 7.45. The summed E-state index contributed by atoms with van der Waals surface area (Å²) in [5.41, 5.74) is 6.27. The van der Waals surface area contributed by atoms with Gasteiger partial charge in [0.25, 0.3) is 0 Å². The lowest BCUT2D eigenvalue weighted by Gasteiger charge is -2.10. The third kappa shape index (κ3) is 1.98. The summed E-state index contributed by atoms with van der Waals surface area (Å²) in [5.74, 6) is 0. The zero-order valence-electron chi connectivity index (χ0n) is 7.03. The molecule has 10 heavy (non-hydrogen) atoms. The molecule has 2 N–H and O–H groups in total. The minimum Gasteiger partial charge on any atom is -0.330 e. The van der Waals surface area contributed by atoms with Crippen LogP contribution in [0.5, 0.6) is 0 Å². The van der Waals surface area contributed by atoms with Crippen LogP contribution in [0, 0.1) is 5.41 Å². The molecule has 0 radical (unpaired) electrons. The number of rotatable bonds is 5. The fourth-order valence-electron chi connectivity index (χ4n) is 1.48. The van der Waals surface area contributed by atoms with Gasteiger partial charge in [-0.05, 0) is 31.2 Å². The topological polar surface area (TPSA) is 26.0 Å². The Morgan fingerprint density at radius 3 is 2.40 bits per heavy atom. The SMILES string of the molecule is CCCCCC1(CN)CC1. The average Bonchev–Trinajstić information content (AvgIpc) is 2.70. The highest BCUT2D eigenvalue weighted by molar-refractivity contribution is 4.93. The molecule has 0 bridgehead atoms. The van der Waals surface area contributed by atoms with Gasteiger partial charge in [-0.25, -0.2) is 0 Å². The maximum Gasteiger partial charge on any atom is -0.00205 e. The molecule has 0 spiro atoms. The maximum absolute atomic E-state index is 5.65. The molecule has 1 saturated carbocycles. The molecule has 1 heteroatoms. The molecule has 0 amide bonds. The van der Waals surface area contributed by atoms with Gasteiger partial charge in [-0.15, -0.1) is 0 Å². The van der Waals surface area contributed by atoms with E-state index in [1.807, 2.05) is 0 Å². The standard InChI is InChI=1S/C9H19N/c1-2-3-4-5-9(8-10)6-7-9/h2-8,10H2,1H3. The first-order valence-corrected chi connectivity index (χ1v) is 4.53. The van der Waals surface area contributed by atoms with Crippen molar-refractivity contribution < 1.29 is 0 Å². The first kappa shape index (κ1) is 8.06. The molecule has 0 atom stereocenters. The summed E-state index contributed by atoms with van der Waals surface area (Å²) in [6.07, 6.45) is 8.30. The van der Waals surface area contributed by atoms with Gasteiger partial charge in [0.1, 0.15) is 0 Å². The Bertz CT molecular complexity index is 94.9. The summed E-state index contributed by atoms with van der Waals surface area (Å²) >= 11 is 0. The summed E-state index contributed by atoms with van der Waals surface area (Å²) in [6, 6.07) is 0. The Morgan fingerprint density at radius 2 is 2.00 bits per heavy atom. The average molecular weight is 141 g/mol. The molecule has 1 rings (SSSR count). The second-order valence-electron chi connectivity index (χ2n) is 3.66. The van der Waals surface area contributed by atoms with E-state index in [2.05, 4.69) is 6.92 Å². The van der Waals surface area contributed by atoms with Crippen molar-refractivity contribution >= 4 is 0 Å². The van der Waals surface area contributed by atoms with E-state index in [0.717, 1.165) is 6.54 Å². The van der Waals surface area contributed by atoms with Gasteiger partial charge in [0.2, 0.25) is 0 Å². The summed E-state index contributed by atoms with van der Waals surface area (Å²) < 4.78 is 0. The Balaban J connectivity index is 2.01. The van der Waals surface area contributed by atoms with Crippen LogP contribution in [0.1, 0.15) is 45.4 Å². The Hall–Kier alpha value is -0.0400. The first-order valence-electron chi connectivity index (χ1n) is 4.53. The van der Waals surface area contributed by atoms with Crippen molar-refractivity contribution in [3.05, 3.63) is 0 Å². The molecule has 1 fully saturated rings. The van der Waals surface area contributed by atoms with E-state index in [4.69, 9.17) is 5.73 Å². The van der Waals surface area contributed by atoms with Crippen LogP contribution in [-0.4, -0.2) is 6.54 Å². The van der Waals surface area contributed by atoms with Crippen LogP contribution in [0.25, 0.3) is 0 Å². The van der Waals surface area contributed by atoms with Crippen LogP contribution in [0.2, 0.25) is 0 Å². The van der Waals surface area contributed by atoms with E-state index < -0.39 is 0 Å². The Labute approximate surface area is 64.0 Å². The van der Waals surface area contributed by atoms with E-state index in [-0.39, 0.29) is 0 Å². The van der Waals surface area contributed by atoms with Crippen LogP contribution in [0.15, 0.2) is 0 Å². The van der Waals surface area contributed by atoms with Crippen molar-refractivity contribution in [3.63, 3.8) is 0 Å². The van der Waals surface area contributed by atoms with Crippen molar-refractivity contribution in [2.45, 2.75) is 45.4 Å². The van der Waals surface area contributed by atoms with Crippen LogP contribution in [0.3, 0.4) is 0 Å². The second kappa shape index (κ2) is 3.38. The molecule has 0 aromatic heterocycles. The predicted molar refractivity (Wildman–Crippen MR) is 44.9 cm³/mol. The van der Waals surface area contributed by atoms with Crippen molar-refractivity contribution in [1.29, 1.82) is 0 Å². The third-order valence-corrected chi connectivity index (χ3v) is 2.70. The number of unbranched alkanes of at least 4 members (excludes halogenated alkanes) is 2. The molecule has 1 aliphatic rings. The Kier molecular flexibility index (Phi) is 2.72. The summed E-state index contributed by atoms with van der Waals surface area (Å²) in [4.78, 5) is 0. The summed E-state index contributed by atoms with van der Waals surface area (Å²) in [5, 5.41) is 0. The van der Waals surface area contributed by atoms with E-state index in [9.17, 15) is 0 Å². The van der Waals surface area contributed by atoms with E-state index in [1.54, 1.807) is 0 Å². The molecular formula is C9H19N. The minimum atomic E-state index is 0.620. The smallest absolute Gasteiger partial charge is 0.00205 e. The van der Waals surface area contributed by atoms with Crippen molar-refractivity contribution in [2.24, 2.45) is 11.1 Å². The van der Waals surface area contributed by atoms with Crippen molar-refractivity contribution in [2.75, 3.05) is 6.54 Å². The summed E-state index contributed by atoms with van der Waals surface area (Å²) in [6.45, 7) is 3.18. The molecule has 1 nitrogen and oxygen atoms in total. The fourth-order valence-corrected chi connectivity index (χ4v) is 1.48. The molecular weight excluding hydrogens is 122 g/mol. The number of hydrogen-bond acceptors (Lipinski definition) is 1. The van der Waals surface area contributed by atoms with Gasteiger partial charge in [-0.3, -0.25) is 0 Å². The number of hydrogen-bond donors (Lipinski definition) is 1. The highest BCUT2D eigenvalue weighted by atomic mass is 14.6. The molecule has 1 aliphatic carbocycles. The van der Waals surface area contributed by atoms with Gasteiger partial charge >= 0.3 is 0 Å². The fraction of sp³-hybridized carbons (Fsp3) is 1.00. The van der Waals surface area contributed by atoms with E-state index in [1.165, 1.54) is 38.5 Å². The van der Waals surface area contributed by atoms with E-state index in [0.29, 0.717) is 5.41 Å². The quantitative estimate of drug-likeness (QED) is 0.584. The predicted octanol–water partition coefficient (Wildman–Crippen LogP) is 2.31. The highest BCUT2D eigenvalue weighted by Crippen LogP contribution is 2.48. The minimum absolute atomic E-state index is 0.620. The van der Waals surface area contributed by atoms with Gasteiger partial charge in [0, 0.05) is 0 Å². The molecule has 0 aromatic carbocycles. The number of nitrogens with two attached hydrogens (primary N) is 1. The van der Waals surface area contributed by atoms with Crippen LogP contribution < -0.4 is 5.73 Å². The molecule has 0 aliphatic heterocycles. The normalized spacial score (nSPS) is 21.0. The lowest BCUT2D eigenvalue weighted by atomic mass is 9.99. The monoisotopic (exact) mass is 141 g/mol. The van der Waals surface area contributed by atoms with Crippen molar-refractivity contribution in [3.8, 4) is 0 Å². The maximum atomic E-state index is 5.65. The lowest BCUT2D eigenvalue weighted by molar-refractivity contribution is 0.449. The molecule has 0 aromatic rings. The third-order valence-electron chi connectivity index (χ3n) is 2.70. The Morgan fingerprint density at radius 1 is 1.30 bits per heavy atom. The zero-order valence-corrected chi connectivity index (χ0v) is 7.03. The second-order valence-corrected chi connectivity index (χ2v) is 3.66. The van der Waals surface area contributed by atoms with E-state index >= 15 is 0 Å². The first-order chi connectivity index (χ1) is 4.83. The lowest BCUT2D eigenvalue weighted by Crippen LogP contribution is -2.14. The van der Waals surface area contributed by atoms with Crippen LogP contribution in [0.4, 0.5) is 0 Å². The molecule has 0 saturated heterocycles. The molecule has 0 heterocycles. The highest BCUT2D eigenvalue weighted by Gasteiger charge is 2.39. The van der Waals surface area contributed by atoms with Gasteiger partial charge in [0.05, 0.1) is 0 Å². The van der Waals surface area contributed by atoms with Crippen LogP contribution in [-0.2, 0) is 0 Å². The van der Waals surface area contributed by atoms with Gasteiger partial charge in [0.15, 0.2) is 0 Å². The van der Waals surface area contributed by atoms with Gasteiger partial charge in [-0.2, -0.15) is 0 Å². The molecule has 60 valence electrons. The van der Waals surface area contributed by atoms with Gasteiger partial charge < -0.3 is 5.73 Å². The largest absolute Gasteiger partial charge is 0.330 e. The summed E-state index contributed by atoms with van der Waals surface area (Å²) in [7, 11) is 0. The van der Waals surface area contributed by atoms with Crippen molar-refractivity contribution in [1.82, 2.24) is 0 Å². The van der Waals surface area contributed by atoms with Gasteiger partial charge in [-0.1, -0.05) is 26.2 Å². The molecule has 0 unspecified atom stereocenters. The van der Waals surface area contributed by atoms with Crippen LogP contribution >= 0.6 is 0 Å².